The molecule has 0 aliphatic rings. The second-order valence-electron chi connectivity index (χ2n) is 5.53. The molecule has 7 nitrogen and oxygen atoms in total. The third-order valence-electron chi connectivity index (χ3n) is 3.95. The molecule has 0 saturated heterocycles. The van der Waals surface area contributed by atoms with Crippen LogP contribution in [-0.4, -0.2) is 26.8 Å². The third kappa shape index (κ3) is 4.28. The summed E-state index contributed by atoms with van der Waals surface area (Å²) in [5, 5.41) is 10.8. The van der Waals surface area contributed by atoms with Gasteiger partial charge in [0.25, 0.3) is 5.43 Å². The summed E-state index contributed by atoms with van der Waals surface area (Å²) in [6, 6.07) is 6.66. The van der Waals surface area contributed by atoms with Crippen LogP contribution >= 0.6 is 0 Å². The number of benzene rings is 1. The van der Waals surface area contributed by atoms with E-state index in [2.05, 4.69) is 0 Å². The van der Waals surface area contributed by atoms with Gasteiger partial charge in [-0.05, 0) is 31.5 Å². The Morgan fingerprint density at radius 1 is 1.32 bits per heavy atom. The van der Waals surface area contributed by atoms with Gasteiger partial charge in [0.05, 0.1) is 17.2 Å². The highest BCUT2D eigenvalue weighted by Gasteiger charge is 2.21. The number of nitro groups is 1. The number of aromatic nitrogens is 1. The van der Waals surface area contributed by atoms with Crippen molar-refractivity contribution in [2.45, 2.75) is 26.4 Å². The van der Waals surface area contributed by atoms with Crippen LogP contribution in [0.1, 0.15) is 25.5 Å². The average molecular weight is 347 g/mol. The van der Waals surface area contributed by atoms with Crippen LogP contribution < -0.4 is 5.43 Å². The first-order valence-electron chi connectivity index (χ1n) is 7.73. The Hall–Kier alpha value is -3.03. The van der Waals surface area contributed by atoms with Crippen molar-refractivity contribution in [2.24, 2.45) is 0 Å². The Morgan fingerprint density at radius 2 is 1.96 bits per heavy atom. The number of halogens is 1. The predicted molar refractivity (Wildman–Crippen MR) is 89.6 cm³/mol. The zero-order valence-electron chi connectivity index (χ0n) is 13.9. The van der Waals surface area contributed by atoms with Gasteiger partial charge < -0.3 is 9.47 Å². The fraction of sp³-hybridized carbons (Fsp3) is 0.294. The van der Waals surface area contributed by atoms with E-state index < -0.39 is 16.0 Å². The Labute approximate surface area is 143 Å². The van der Waals surface area contributed by atoms with Gasteiger partial charge in [-0.15, -0.1) is 0 Å². The molecule has 2 rings (SSSR count). The molecule has 1 aromatic heterocycles. The van der Waals surface area contributed by atoms with Crippen molar-refractivity contribution in [1.29, 1.82) is 0 Å². The molecule has 0 aliphatic heterocycles. The lowest BCUT2D eigenvalue weighted by atomic mass is 10.1. The summed E-state index contributed by atoms with van der Waals surface area (Å²) >= 11 is 0. The van der Waals surface area contributed by atoms with Crippen LogP contribution in [0.2, 0.25) is 0 Å². The van der Waals surface area contributed by atoms with Gasteiger partial charge in [0.15, 0.2) is 0 Å². The SMILES string of the molecule is CCN(C(=O)Cn1ccc(=O)c([N+](=O)[O-])c1)[C@H](C)c1ccc(F)cc1. The van der Waals surface area contributed by atoms with E-state index in [1.807, 2.05) is 13.8 Å². The lowest BCUT2D eigenvalue weighted by Crippen LogP contribution is -2.36. The van der Waals surface area contributed by atoms with E-state index in [-0.39, 0.29) is 24.3 Å². The van der Waals surface area contributed by atoms with Crippen LogP contribution in [-0.2, 0) is 11.3 Å². The van der Waals surface area contributed by atoms with Crippen molar-refractivity contribution in [3.63, 3.8) is 0 Å². The van der Waals surface area contributed by atoms with Crippen molar-refractivity contribution in [3.8, 4) is 0 Å². The monoisotopic (exact) mass is 347 g/mol. The van der Waals surface area contributed by atoms with Crippen LogP contribution in [0, 0.1) is 15.9 Å². The second kappa shape index (κ2) is 7.69. The highest BCUT2D eigenvalue weighted by Crippen LogP contribution is 2.21. The highest BCUT2D eigenvalue weighted by atomic mass is 19.1. The fourth-order valence-electron chi connectivity index (χ4n) is 2.58. The number of carbonyl (C=O) groups excluding carboxylic acids is 1. The van der Waals surface area contributed by atoms with Crippen LogP contribution in [0.25, 0.3) is 0 Å². The van der Waals surface area contributed by atoms with Crippen molar-refractivity contribution < 1.29 is 14.1 Å². The molecule has 1 aromatic carbocycles. The molecule has 0 fully saturated rings. The number of hydrogen-bond donors (Lipinski definition) is 0. The van der Waals surface area contributed by atoms with Gasteiger partial charge >= 0.3 is 5.69 Å². The molecular formula is C17H18FN3O4. The second-order valence-corrected chi connectivity index (χ2v) is 5.53. The number of carbonyl (C=O) groups is 1. The molecule has 1 atom stereocenters. The fourth-order valence-corrected chi connectivity index (χ4v) is 2.58. The molecule has 0 unspecified atom stereocenters. The summed E-state index contributed by atoms with van der Waals surface area (Å²) in [7, 11) is 0. The molecule has 1 amide bonds. The first-order valence-corrected chi connectivity index (χ1v) is 7.73. The van der Waals surface area contributed by atoms with E-state index in [9.17, 15) is 24.1 Å². The molecule has 132 valence electrons. The predicted octanol–water partition coefficient (Wildman–Crippen LogP) is 2.51. The summed E-state index contributed by atoms with van der Waals surface area (Å²) in [6.07, 6.45) is 2.39. The standard InChI is InChI=1S/C17H18FN3O4/c1-3-20(12(2)13-4-6-14(18)7-5-13)17(23)11-19-9-8-16(22)15(10-19)21(24)25/h4-10,12H,3,11H2,1-2H3/t12-/m1/s1. The topological polar surface area (TPSA) is 85.5 Å². The minimum Gasteiger partial charge on any atom is -0.339 e. The Bertz CT molecular complexity index is 833. The van der Waals surface area contributed by atoms with Crippen molar-refractivity contribution in [2.75, 3.05) is 6.54 Å². The largest absolute Gasteiger partial charge is 0.339 e. The van der Waals surface area contributed by atoms with Gasteiger partial charge in [-0.25, -0.2) is 4.39 Å². The van der Waals surface area contributed by atoms with Crippen LogP contribution in [0.5, 0.6) is 0 Å². The number of likely N-dealkylation sites (N-methyl/N-ethyl adjacent to an activating group) is 1. The van der Waals surface area contributed by atoms with E-state index in [0.717, 1.165) is 17.8 Å². The molecule has 8 heteroatoms. The van der Waals surface area contributed by atoms with E-state index in [0.29, 0.717) is 6.54 Å². The van der Waals surface area contributed by atoms with Crippen LogP contribution in [0.3, 0.4) is 0 Å². The van der Waals surface area contributed by atoms with Gasteiger partial charge in [-0.1, -0.05) is 12.1 Å². The summed E-state index contributed by atoms with van der Waals surface area (Å²) in [5.41, 5.74) is -0.506. The quantitative estimate of drug-likeness (QED) is 0.593. The average Bonchev–Trinajstić information content (AvgIpc) is 2.57. The number of rotatable bonds is 6. The summed E-state index contributed by atoms with van der Waals surface area (Å²) < 4.78 is 14.4. The molecule has 0 spiro atoms. The molecule has 0 bridgehead atoms. The van der Waals surface area contributed by atoms with Gasteiger partial charge in [0.1, 0.15) is 12.4 Å². The molecule has 25 heavy (non-hydrogen) atoms. The zero-order valence-corrected chi connectivity index (χ0v) is 13.9. The number of nitrogens with zero attached hydrogens (tertiary/aromatic N) is 3. The smallest absolute Gasteiger partial charge is 0.332 e. The highest BCUT2D eigenvalue weighted by molar-refractivity contribution is 5.76. The van der Waals surface area contributed by atoms with E-state index in [1.54, 1.807) is 17.0 Å². The minimum atomic E-state index is -0.776. The maximum atomic E-state index is 13.1. The third-order valence-corrected chi connectivity index (χ3v) is 3.95. The Balaban J connectivity index is 2.20. The first-order chi connectivity index (χ1) is 11.8. The molecule has 0 N–H and O–H groups in total. The van der Waals surface area contributed by atoms with E-state index in [4.69, 9.17) is 0 Å². The number of amides is 1. The van der Waals surface area contributed by atoms with Gasteiger partial charge in [-0.2, -0.15) is 0 Å². The van der Waals surface area contributed by atoms with Crippen LogP contribution in [0.4, 0.5) is 10.1 Å². The zero-order chi connectivity index (χ0) is 18.6. The van der Waals surface area contributed by atoms with Gasteiger partial charge in [-0.3, -0.25) is 19.7 Å². The number of pyridine rings is 1. The number of hydrogen-bond acceptors (Lipinski definition) is 4. The minimum absolute atomic E-state index is 0.138. The van der Waals surface area contributed by atoms with Gasteiger partial charge in [0, 0.05) is 18.8 Å². The lowest BCUT2D eigenvalue weighted by Gasteiger charge is -2.28. The van der Waals surface area contributed by atoms with Crippen molar-refractivity contribution in [1.82, 2.24) is 9.47 Å². The molecule has 0 aliphatic carbocycles. The molecular weight excluding hydrogens is 329 g/mol. The Morgan fingerprint density at radius 3 is 2.52 bits per heavy atom. The first kappa shape index (κ1) is 18.3. The normalized spacial score (nSPS) is 11.8. The summed E-state index contributed by atoms with van der Waals surface area (Å²) in [4.78, 5) is 35.6. The maximum Gasteiger partial charge on any atom is 0.332 e. The molecule has 0 saturated carbocycles. The lowest BCUT2D eigenvalue weighted by molar-refractivity contribution is -0.386. The summed E-state index contributed by atoms with van der Waals surface area (Å²) in [5.74, 6) is -0.622. The van der Waals surface area contributed by atoms with Gasteiger partial charge in [0.2, 0.25) is 5.91 Å². The summed E-state index contributed by atoms with van der Waals surface area (Å²) in [6.45, 7) is 3.91. The maximum absolute atomic E-state index is 13.1. The molecule has 2 aromatic rings. The molecule has 0 radical (unpaired) electrons. The van der Waals surface area contributed by atoms with E-state index >= 15 is 0 Å². The van der Waals surface area contributed by atoms with E-state index in [1.165, 1.54) is 22.9 Å². The van der Waals surface area contributed by atoms with Crippen molar-refractivity contribution >= 4 is 11.6 Å². The van der Waals surface area contributed by atoms with Crippen molar-refractivity contribution in [3.05, 3.63) is 74.4 Å². The van der Waals surface area contributed by atoms with Crippen LogP contribution in [0.15, 0.2) is 47.5 Å². The Kier molecular flexibility index (Phi) is 5.63. The molecule has 1 heterocycles.